The number of aryl methyl sites for hydroxylation is 1. The summed E-state index contributed by atoms with van der Waals surface area (Å²) >= 11 is 1.73. The molecule has 6 nitrogen and oxygen atoms in total. The quantitative estimate of drug-likeness (QED) is 0.576. The summed E-state index contributed by atoms with van der Waals surface area (Å²) in [4.78, 5) is 15.1. The maximum absolute atomic E-state index is 4.40. The predicted molar refractivity (Wildman–Crippen MR) is 99.7 cm³/mol. The molecular weight excluding hydrogens is 332 g/mol. The van der Waals surface area contributed by atoms with Crippen LogP contribution in [0.15, 0.2) is 49.3 Å². The molecule has 0 aliphatic rings. The summed E-state index contributed by atoms with van der Waals surface area (Å²) in [5, 5.41) is 8.67. The lowest BCUT2D eigenvalue weighted by atomic mass is 10.1. The van der Waals surface area contributed by atoms with Gasteiger partial charge >= 0.3 is 0 Å². The molecule has 0 aliphatic carbocycles. The standard InChI is InChI=1S/C18H18N6S/c1-2-15-7-16-17(21-11-22-18(16)25-15)20-8-13-3-5-14(6-4-13)9-24-12-19-10-23-24/h3-7,10-12H,2,8-9H2,1H3,(H,20,21,22). The first kappa shape index (κ1) is 15.7. The lowest BCUT2D eigenvalue weighted by Crippen LogP contribution is -2.03. The van der Waals surface area contributed by atoms with Gasteiger partial charge in [-0.2, -0.15) is 5.10 Å². The number of benzene rings is 1. The van der Waals surface area contributed by atoms with Gasteiger partial charge in [0.2, 0.25) is 0 Å². The zero-order valence-corrected chi connectivity index (χ0v) is 14.7. The predicted octanol–water partition coefficient (Wildman–Crippen LogP) is 3.51. The first-order valence-electron chi connectivity index (χ1n) is 8.19. The highest BCUT2D eigenvalue weighted by atomic mass is 32.1. The second kappa shape index (κ2) is 6.98. The van der Waals surface area contributed by atoms with Gasteiger partial charge in [0.25, 0.3) is 0 Å². The van der Waals surface area contributed by atoms with E-state index in [4.69, 9.17) is 0 Å². The fourth-order valence-electron chi connectivity index (χ4n) is 2.67. The smallest absolute Gasteiger partial charge is 0.138 e. The molecule has 1 N–H and O–H groups in total. The highest BCUT2D eigenvalue weighted by molar-refractivity contribution is 7.18. The van der Waals surface area contributed by atoms with Crippen molar-refractivity contribution in [2.24, 2.45) is 0 Å². The van der Waals surface area contributed by atoms with E-state index >= 15 is 0 Å². The summed E-state index contributed by atoms with van der Waals surface area (Å²) in [6.45, 7) is 3.62. The molecular formula is C18H18N6S. The van der Waals surface area contributed by atoms with E-state index in [-0.39, 0.29) is 0 Å². The van der Waals surface area contributed by atoms with E-state index in [1.54, 1.807) is 30.3 Å². The van der Waals surface area contributed by atoms with E-state index in [1.165, 1.54) is 16.0 Å². The summed E-state index contributed by atoms with van der Waals surface area (Å²) in [6.07, 6.45) is 5.92. The van der Waals surface area contributed by atoms with Gasteiger partial charge in [-0.1, -0.05) is 31.2 Å². The van der Waals surface area contributed by atoms with Gasteiger partial charge in [0.15, 0.2) is 0 Å². The highest BCUT2D eigenvalue weighted by Crippen LogP contribution is 2.28. The van der Waals surface area contributed by atoms with Gasteiger partial charge in [0.1, 0.15) is 29.6 Å². The topological polar surface area (TPSA) is 68.5 Å². The molecule has 3 heterocycles. The number of aromatic nitrogens is 5. The molecule has 0 unspecified atom stereocenters. The number of hydrogen-bond acceptors (Lipinski definition) is 6. The largest absolute Gasteiger partial charge is 0.365 e. The molecule has 7 heteroatoms. The third-order valence-corrected chi connectivity index (χ3v) is 5.21. The van der Waals surface area contributed by atoms with E-state index in [9.17, 15) is 0 Å². The van der Waals surface area contributed by atoms with Crippen LogP contribution in [-0.2, 0) is 19.5 Å². The Kier molecular flexibility index (Phi) is 4.39. The molecule has 0 radical (unpaired) electrons. The van der Waals surface area contributed by atoms with Crippen molar-refractivity contribution in [3.63, 3.8) is 0 Å². The van der Waals surface area contributed by atoms with Gasteiger partial charge in [0, 0.05) is 11.4 Å². The molecule has 0 spiro atoms. The summed E-state index contributed by atoms with van der Waals surface area (Å²) in [5.74, 6) is 0.896. The highest BCUT2D eigenvalue weighted by Gasteiger charge is 2.07. The minimum atomic E-state index is 0.729. The molecule has 0 amide bonds. The average molecular weight is 350 g/mol. The SMILES string of the molecule is CCc1cc2c(NCc3ccc(Cn4cncn4)cc3)ncnc2s1. The average Bonchev–Trinajstić information content (AvgIpc) is 3.30. The molecule has 1 aromatic carbocycles. The molecule has 0 fully saturated rings. The number of fused-ring (bicyclic) bond motifs is 1. The number of nitrogens with one attached hydrogen (secondary N) is 1. The van der Waals surface area contributed by atoms with Gasteiger partial charge in [0.05, 0.1) is 11.9 Å². The first-order chi connectivity index (χ1) is 12.3. The number of nitrogens with zero attached hydrogens (tertiary/aromatic N) is 5. The van der Waals surface area contributed by atoms with E-state index in [1.807, 2.05) is 4.68 Å². The van der Waals surface area contributed by atoms with Crippen LogP contribution in [0.1, 0.15) is 22.9 Å². The second-order valence-corrected chi connectivity index (χ2v) is 6.89. The van der Waals surface area contributed by atoms with Crippen molar-refractivity contribution in [1.82, 2.24) is 24.7 Å². The molecule has 0 saturated heterocycles. The maximum Gasteiger partial charge on any atom is 0.138 e. The van der Waals surface area contributed by atoms with E-state index in [0.29, 0.717) is 0 Å². The molecule has 4 rings (SSSR count). The van der Waals surface area contributed by atoms with Gasteiger partial charge < -0.3 is 5.32 Å². The van der Waals surface area contributed by atoms with Gasteiger partial charge in [-0.05, 0) is 23.6 Å². The van der Waals surface area contributed by atoms with Gasteiger partial charge in [-0.3, -0.25) is 0 Å². The molecule has 3 aromatic heterocycles. The van der Waals surface area contributed by atoms with E-state index in [2.05, 4.69) is 62.6 Å². The number of anilines is 1. The van der Waals surface area contributed by atoms with Crippen LogP contribution in [0.3, 0.4) is 0 Å². The summed E-state index contributed by atoms with van der Waals surface area (Å²) in [7, 11) is 0. The molecule has 0 atom stereocenters. The third-order valence-electron chi connectivity index (χ3n) is 4.02. The zero-order chi connectivity index (χ0) is 17.1. The Labute approximate surface area is 149 Å². The van der Waals surface area contributed by atoms with Crippen LogP contribution < -0.4 is 5.32 Å². The van der Waals surface area contributed by atoms with Crippen molar-refractivity contribution < 1.29 is 0 Å². The van der Waals surface area contributed by atoms with Crippen LogP contribution in [0.2, 0.25) is 0 Å². The summed E-state index contributed by atoms with van der Waals surface area (Å²) in [5.41, 5.74) is 2.41. The van der Waals surface area contributed by atoms with Gasteiger partial charge in [-0.25, -0.2) is 19.6 Å². The van der Waals surface area contributed by atoms with Crippen LogP contribution in [0, 0.1) is 0 Å². The Hall–Kier alpha value is -2.80. The number of rotatable bonds is 6. The zero-order valence-electron chi connectivity index (χ0n) is 13.9. The normalized spacial score (nSPS) is 11.1. The Morgan fingerprint density at radius 2 is 1.92 bits per heavy atom. The molecule has 4 aromatic rings. The van der Waals surface area contributed by atoms with Crippen LogP contribution >= 0.6 is 11.3 Å². The molecule has 0 aliphatic heterocycles. The Morgan fingerprint density at radius 3 is 2.68 bits per heavy atom. The Morgan fingerprint density at radius 1 is 1.08 bits per heavy atom. The van der Waals surface area contributed by atoms with Gasteiger partial charge in [-0.15, -0.1) is 11.3 Å². The Bertz CT molecular complexity index is 959. The van der Waals surface area contributed by atoms with Crippen molar-refractivity contribution in [2.45, 2.75) is 26.4 Å². The second-order valence-electron chi connectivity index (χ2n) is 5.77. The van der Waals surface area contributed by atoms with Crippen molar-refractivity contribution in [2.75, 3.05) is 5.32 Å². The minimum absolute atomic E-state index is 0.729. The maximum atomic E-state index is 4.40. The number of thiophene rings is 1. The van der Waals surface area contributed by atoms with Crippen LogP contribution in [0.4, 0.5) is 5.82 Å². The molecule has 0 saturated carbocycles. The van der Waals surface area contributed by atoms with Crippen molar-refractivity contribution in [1.29, 1.82) is 0 Å². The Balaban J connectivity index is 1.45. The van der Waals surface area contributed by atoms with Crippen molar-refractivity contribution in [3.8, 4) is 0 Å². The fraction of sp³-hybridized carbons (Fsp3) is 0.222. The fourth-order valence-corrected chi connectivity index (χ4v) is 3.61. The van der Waals surface area contributed by atoms with E-state index in [0.717, 1.165) is 35.5 Å². The van der Waals surface area contributed by atoms with E-state index < -0.39 is 0 Å². The number of hydrogen-bond donors (Lipinski definition) is 1. The lowest BCUT2D eigenvalue weighted by molar-refractivity contribution is 0.684. The third kappa shape index (κ3) is 3.51. The summed E-state index contributed by atoms with van der Waals surface area (Å²) < 4.78 is 1.81. The monoisotopic (exact) mass is 350 g/mol. The molecule has 25 heavy (non-hydrogen) atoms. The first-order valence-corrected chi connectivity index (χ1v) is 9.01. The van der Waals surface area contributed by atoms with Crippen molar-refractivity contribution in [3.05, 3.63) is 65.3 Å². The lowest BCUT2D eigenvalue weighted by Gasteiger charge is -2.07. The molecule has 126 valence electrons. The van der Waals surface area contributed by atoms with Crippen LogP contribution in [-0.4, -0.2) is 24.7 Å². The van der Waals surface area contributed by atoms with Crippen molar-refractivity contribution >= 4 is 27.4 Å². The van der Waals surface area contributed by atoms with Crippen LogP contribution in [0.5, 0.6) is 0 Å². The molecule has 0 bridgehead atoms. The van der Waals surface area contributed by atoms with Crippen LogP contribution in [0.25, 0.3) is 10.2 Å². The summed E-state index contributed by atoms with van der Waals surface area (Å²) in [6, 6.07) is 10.7. The minimum Gasteiger partial charge on any atom is -0.365 e.